The lowest BCUT2D eigenvalue weighted by Gasteiger charge is -2.20. The Hall–Kier alpha value is -2.89. The Bertz CT molecular complexity index is 833. The highest BCUT2D eigenvalue weighted by Gasteiger charge is 2.34. The van der Waals surface area contributed by atoms with E-state index in [0.717, 1.165) is 11.1 Å². The highest BCUT2D eigenvalue weighted by atomic mass is 16.5. The Morgan fingerprint density at radius 3 is 2.22 bits per heavy atom. The molecule has 0 bridgehead atoms. The van der Waals surface area contributed by atoms with Crippen molar-refractivity contribution in [2.24, 2.45) is 0 Å². The molecule has 1 aliphatic rings. The number of allylic oxidation sites excluding steroid dienone is 2. The third kappa shape index (κ3) is 4.64. The Kier molecular flexibility index (Phi) is 6.55. The predicted molar refractivity (Wildman–Crippen MR) is 101 cm³/mol. The van der Waals surface area contributed by atoms with E-state index in [1.807, 2.05) is 38.1 Å². The lowest BCUT2D eigenvalue weighted by atomic mass is 9.88. The van der Waals surface area contributed by atoms with Crippen molar-refractivity contribution < 1.29 is 23.9 Å². The molecular formula is C21H25NO5. The minimum Gasteiger partial charge on any atom is -0.489 e. The van der Waals surface area contributed by atoms with Gasteiger partial charge >= 0.3 is 0 Å². The van der Waals surface area contributed by atoms with Gasteiger partial charge in [-0.05, 0) is 31.9 Å². The van der Waals surface area contributed by atoms with Crippen molar-refractivity contribution in [1.82, 2.24) is 5.32 Å². The number of carbonyl (C=O) groups excluding carboxylic acids is 3. The number of methoxy groups -OCH3 is 2. The number of ether oxygens (including phenoxy) is 2. The number of rotatable bonds is 7. The summed E-state index contributed by atoms with van der Waals surface area (Å²) in [5.74, 6) is -0.903. The van der Waals surface area contributed by atoms with E-state index in [4.69, 9.17) is 9.47 Å². The highest BCUT2D eigenvalue weighted by molar-refractivity contribution is 6.23. The van der Waals surface area contributed by atoms with E-state index in [1.54, 1.807) is 6.92 Å². The second kappa shape index (κ2) is 8.66. The van der Waals surface area contributed by atoms with Gasteiger partial charge in [0.2, 0.25) is 29.0 Å². The van der Waals surface area contributed by atoms with Crippen LogP contribution in [0.5, 0.6) is 0 Å². The highest BCUT2D eigenvalue weighted by Crippen LogP contribution is 2.28. The van der Waals surface area contributed by atoms with Gasteiger partial charge in [-0.1, -0.05) is 24.3 Å². The first-order chi connectivity index (χ1) is 12.8. The molecular weight excluding hydrogens is 346 g/mol. The average Bonchev–Trinajstić information content (AvgIpc) is 2.61. The van der Waals surface area contributed by atoms with Gasteiger partial charge in [0.05, 0.1) is 20.6 Å². The monoisotopic (exact) mass is 371 g/mol. The number of ketones is 2. The Labute approximate surface area is 159 Å². The molecule has 0 saturated carbocycles. The molecule has 0 atom stereocenters. The predicted octanol–water partition coefficient (Wildman–Crippen LogP) is 2.27. The molecule has 6 nitrogen and oxygen atoms in total. The first-order valence-electron chi connectivity index (χ1n) is 8.77. The smallest absolute Gasteiger partial charge is 0.228 e. The van der Waals surface area contributed by atoms with Gasteiger partial charge in [-0.3, -0.25) is 14.4 Å². The van der Waals surface area contributed by atoms with Gasteiger partial charge in [0.1, 0.15) is 0 Å². The molecule has 0 fully saturated rings. The first-order valence-corrected chi connectivity index (χ1v) is 8.77. The van der Waals surface area contributed by atoms with E-state index in [1.165, 1.54) is 14.2 Å². The maximum atomic E-state index is 12.7. The molecule has 1 aliphatic carbocycles. The van der Waals surface area contributed by atoms with Crippen LogP contribution in [0, 0.1) is 0 Å². The van der Waals surface area contributed by atoms with Gasteiger partial charge in [0.15, 0.2) is 0 Å². The molecule has 0 aliphatic heterocycles. The molecule has 1 aromatic rings. The number of nitrogens with one attached hydrogen (secondary N) is 1. The maximum absolute atomic E-state index is 12.7. The van der Waals surface area contributed by atoms with Crippen LogP contribution in [0.15, 0.2) is 46.9 Å². The van der Waals surface area contributed by atoms with Crippen LogP contribution in [0.1, 0.15) is 31.9 Å². The molecule has 2 rings (SSSR count). The second-order valence-electron chi connectivity index (χ2n) is 6.72. The SMILES string of the molecule is COC1=C(OC)C(=O)C(Cc2cccc(CC(=O)NC(C)C)c2)=C(C)C1=O. The van der Waals surface area contributed by atoms with Gasteiger partial charge < -0.3 is 14.8 Å². The van der Waals surface area contributed by atoms with E-state index in [-0.39, 0.29) is 47.9 Å². The van der Waals surface area contributed by atoms with Crippen molar-refractivity contribution in [3.8, 4) is 0 Å². The number of benzene rings is 1. The molecule has 0 unspecified atom stereocenters. The third-order valence-electron chi connectivity index (χ3n) is 4.28. The summed E-state index contributed by atoms with van der Waals surface area (Å²) >= 11 is 0. The van der Waals surface area contributed by atoms with Crippen LogP contribution in [0.3, 0.4) is 0 Å². The number of carbonyl (C=O) groups is 3. The number of hydrogen-bond donors (Lipinski definition) is 1. The molecule has 27 heavy (non-hydrogen) atoms. The molecule has 0 radical (unpaired) electrons. The van der Waals surface area contributed by atoms with E-state index in [9.17, 15) is 14.4 Å². The van der Waals surface area contributed by atoms with Crippen LogP contribution in [-0.4, -0.2) is 37.7 Å². The van der Waals surface area contributed by atoms with Crippen molar-refractivity contribution in [2.45, 2.75) is 39.7 Å². The van der Waals surface area contributed by atoms with Gasteiger partial charge in [-0.25, -0.2) is 0 Å². The molecule has 1 N–H and O–H groups in total. The third-order valence-corrected chi connectivity index (χ3v) is 4.28. The Balaban J connectivity index is 2.25. The van der Waals surface area contributed by atoms with Crippen LogP contribution in [0.4, 0.5) is 0 Å². The van der Waals surface area contributed by atoms with Crippen molar-refractivity contribution >= 4 is 17.5 Å². The van der Waals surface area contributed by atoms with Crippen molar-refractivity contribution in [2.75, 3.05) is 14.2 Å². The van der Waals surface area contributed by atoms with Gasteiger partial charge in [0.25, 0.3) is 0 Å². The van der Waals surface area contributed by atoms with E-state index >= 15 is 0 Å². The standard InChI is InChI=1S/C21H25NO5/c1-12(2)22-17(23)11-15-8-6-7-14(9-15)10-16-13(3)18(24)20(26-4)21(27-5)19(16)25/h6-9,12H,10-11H2,1-5H3,(H,22,23). The molecule has 1 aromatic carbocycles. The molecule has 0 heterocycles. The summed E-state index contributed by atoms with van der Waals surface area (Å²) in [7, 11) is 2.68. The number of hydrogen-bond acceptors (Lipinski definition) is 5. The fraction of sp³-hybridized carbons (Fsp3) is 0.381. The minimum atomic E-state index is -0.352. The minimum absolute atomic E-state index is 0.0594. The summed E-state index contributed by atoms with van der Waals surface area (Å²) in [4.78, 5) is 37.2. The van der Waals surface area contributed by atoms with E-state index in [2.05, 4.69) is 5.32 Å². The maximum Gasteiger partial charge on any atom is 0.228 e. The molecule has 0 saturated heterocycles. The lowest BCUT2D eigenvalue weighted by Crippen LogP contribution is -2.31. The van der Waals surface area contributed by atoms with Gasteiger partial charge in [-0.15, -0.1) is 0 Å². The molecule has 144 valence electrons. The van der Waals surface area contributed by atoms with Crippen LogP contribution in [0.25, 0.3) is 0 Å². The average molecular weight is 371 g/mol. The summed E-state index contributed by atoms with van der Waals surface area (Å²) in [6.45, 7) is 5.43. The summed E-state index contributed by atoms with van der Waals surface area (Å²) in [5.41, 5.74) is 2.41. The largest absolute Gasteiger partial charge is 0.489 e. The summed E-state index contributed by atoms with van der Waals surface area (Å²) in [5, 5.41) is 2.85. The zero-order valence-electron chi connectivity index (χ0n) is 16.3. The van der Waals surface area contributed by atoms with Crippen LogP contribution < -0.4 is 5.32 Å². The quantitative estimate of drug-likeness (QED) is 0.744. The van der Waals surface area contributed by atoms with Crippen LogP contribution in [0.2, 0.25) is 0 Å². The van der Waals surface area contributed by atoms with Crippen LogP contribution in [-0.2, 0) is 36.7 Å². The summed E-state index contributed by atoms with van der Waals surface area (Å²) in [6, 6.07) is 7.52. The second-order valence-corrected chi connectivity index (χ2v) is 6.72. The fourth-order valence-corrected chi connectivity index (χ4v) is 3.02. The summed E-state index contributed by atoms with van der Waals surface area (Å²) in [6.07, 6.45) is 0.536. The summed E-state index contributed by atoms with van der Waals surface area (Å²) < 4.78 is 10.2. The molecule has 0 spiro atoms. The Morgan fingerprint density at radius 1 is 1.04 bits per heavy atom. The van der Waals surface area contributed by atoms with Gasteiger partial charge in [0, 0.05) is 23.6 Å². The molecule has 0 aromatic heterocycles. The topological polar surface area (TPSA) is 81.7 Å². The number of amides is 1. The van der Waals surface area contributed by atoms with E-state index in [0.29, 0.717) is 11.1 Å². The molecule has 1 amide bonds. The zero-order chi connectivity index (χ0) is 20.1. The fourth-order valence-electron chi connectivity index (χ4n) is 3.02. The first kappa shape index (κ1) is 20.4. The van der Waals surface area contributed by atoms with Crippen molar-refractivity contribution in [3.63, 3.8) is 0 Å². The van der Waals surface area contributed by atoms with Crippen molar-refractivity contribution in [1.29, 1.82) is 0 Å². The van der Waals surface area contributed by atoms with Gasteiger partial charge in [-0.2, -0.15) is 0 Å². The Morgan fingerprint density at radius 2 is 1.63 bits per heavy atom. The number of Topliss-reactive ketones (excluding diaryl/α,β-unsaturated/α-hetero) is 2. The zero-order valence-corrected chi connectivity index (χ0v) is 16.3. The molecule has 6 heteroatoms. The van der Waals surface area contributed by atoms with Crippen LogP contribution >= 0.6 is 0 Å². The van der Waals surface area contributed by atoms with Crippen molar-refractivity contribution in [3.05, 3.63) is 58.1 Å². The lowest BCUT2D eigenvalue weighted by molar-refractivity contribution is -0.121. The normalized spacial score (nSPS) is 14.7. The van der Waals surface area contributed by atoms with E-state index < -0.39 is 0 Å².